The predicted octanol–water partition coefficient (Wildman–Crippen LogP) is 0.855. The third-order valence-corrected chi connectivity index (χ3v) is 6.63. The van der Waals surface area contributed by atoms with Gasteiger partial charge in [0.15, 0.2) is 9.84 Å². The molecule has 1 atom stereocenters. The first kappa shape index (κ1) is 17.9. The van der Waals surface area contributed by atoms with Gasteiger partial charge in [-0.25, -0.2) is 8.42 Å². The Kier molecular flexibility index (Phi) is 5.13. The molecule has 2 aliphatic rings. The van der Waals surface area contributed by atoms with Crippen LogP contribution >= 0.6 is 0 Å². The van der Waals surface area contributed by atoms with Crippen LogP contribution in [0.15, 0.2) is 24.3 Å². The lowest BCUT2D eigenvalue weighted by atomic mass is 10.1. The van der Waals surface area contributed by atoms with Crippen LogP contribution in [0.1, 0.15) is 24.5 Å². The van der Waals surface area contributed by atoms with Crippen LogP contribution < -0.4 is 0 Å². The molecule has 6 nitrogen and oxygen atoms in total. The van der Waals surface area contributed by atoms with Gasteiger partial charge in [-0.3, -0.25) is 9.59 Å². The van der Waals surface area contributed by atoms with Crippen LogP contribution in [0.5, 0.6) is 0 Å². The highest BCUT2D eigenvalue weighted by atomic mass is 32.2. The number of benzene rings is 1. The molecule has 0 N–H and O–H groups in total. The average molecular weight is 364 g/mol. The molecule has 0 saturated carbocycles. The Hall–Kier alpha value is -1.89. The lowest BCUT2D eigenvalue weighted by Gasteiger charge is -2.29. The Morgan fingerprint density at radius 1 is 1.12 bits per heavy atom. The van der Waals surface area contributed by atoms with E-state index in [1.807, 2.05) is 12.1 Å². The summed E-state index contributed by atoms with van der Waals surface area (Å²) in [6.45, 7) is 3.51. The number of aryl methyl sites for hydroxylation is 1. The van der Waals surface area contributed by atoms with Crippen LogP contribution in [-0.4, -0.2) is 61.2 Å². The molecule has 136 valence electrons. The molecular weight excluding hydrogens is 340 g/mol. The van der Waals surface area contributed by atoms with Crippen molar-refractivity contribution >= 4 is 21.7 Å². The SMILES string of the molecule is CCc1ccc(CN2C[C@@H](C(=O)N3CCS(=O)(=O)CC3)CC2=O)cc1. The largest absolute Gasteiger partial charge is 0.340 e. The van der Waals surface area contributed by atoms with Crippen molar-refractivity contribution in [3.8, 4) is 0 Å². The van der Waals surface area contributed by atoms with E-state index in [1.165, 1.54) is 5.56 Å². The van der Waals surface area contributed by atoms with E-state index in [2.05, 4.69) is 19.1 Å². The second-order valence-corrected chi connectivity index (χ2v) is 9.13. The van der Waals surface area contributed by atoms with Crippen LogP contribution in [0, 0.1) is 5.92 Å². The molecule has 3 rings (SSSR count). The number of amides is 2. The molecule has 25 heavy (non-hydrogen) atoms. The number of carbonyl (C=O) groups is 2. The first-order valence-electron chi connectivity index (χ1n) is 8.73. The third kappa shape index (κ3) is 4.21. The first-order valence-corrected chi connectivity index (χ1v) is 10.5. The van der Waals surface area contributed by atoms with E-state index in [1.54, 1.807) is 9.80 Å². The van der Waals surface area contributed by atoms with E-state index in [9.17, 15) is 18.0 Å². The fourth-order valence-corrected chi connectivity index (χ4v) is 4.58. The molecular formula is C18H24N2O4S. The quantitative estimate of drug-likeness (QED) is 0.794. The van der Waals surface area contributed by atoms with E-state index in [4.69, 9.17) is 0 Å². The Morgan fingerprint density at radius 3 is 2.32 bits per heavy atom. The molecule has 7 heteroatoms. The number of carbonyl (C=O) groups excluding carboxylic acids is 2. The van der Waals surface area contributed by atoms with E-state index < -0.39 is 9.84 Å². The van der Waals surface area contributed by atoms with E-state index in [0.717, 1.165) is 12.0 Å². The molecule has 0 radical (unpaired) electrons. The zero-order valence-corrected chi connectivity index (χ0v) is 15.3. The zero-order valence-electron chi connectivity index (χ0n) is 14.5. The molecule has 0 aliphatic carbocycles. The highest BCUT2D eigenvalue weighted by molar-refractivity contribution is 7.91. The van der Waals surface area contributed by atoms with Crippen molar-refractivity contribution in [2.24, 2.45) is 5.92 Å². The van der Waals surface area contributed by atoms with Gasteiger partial charge in [0.25, 0.3) is 0 Å². The van der Waals surface area contributed by atoms with Gasteiger partial charge in [0, 0.05) is 32.6 Å². The third-order valence-electron chi connectivity index (χ3n) is 5.02. The zero-order chi connectivity index (χ0) is 18.0. The van der Waals surface area contributed by atoms with Crippen molar-refractivity contribution in [3.63, 3.8) is 0 Å². The van der Waals surface area contributed by atoms with E-state index in [0.29, 0.717) is 13.1 Å². The van der Waals surface area contributed by atoms with Crippen molar-refractivity contribution in [1.29, 1.82) is 0 Å². The van der Waals surface area contributed by atoms with Crippen LogP contribution in [0.4, 0.5) is 0 Å². The molecule has 2 heterocycles. The minimum atomic E-state index is -3.01. The van der Waals surface area contributed by atoms with Gasteiger partial charge in [-0.2, -0.15) is 0 Å². The predicted molar refractivity (Wildman–Crippen MR) is 94.6 cm³/mol. The van der Waals surface area contributed by atoms with Gasteiger partial charge >= 0.3 is 0 Å². The van der Waals surface area contributed by atoms with Crippen LogP contribution in [-0.2, 0) is 32.4 Å². The summed E-state index contributed by atoms with van der Waals surface area (Å²) < 4.78 is 23.0. The number of hydrogen-bond donors (Lipinski definition) is 0. The molecule has 2 saturated heterocycles. The second kappa shape index (κ2) is 7.15. The van der Waals surface area contributed by atoms with Gasteiger partial charge in [-0.1, -0.05) is 31.2 Å². The normalized spacial score (nSPS) is 23.1. The molecule has 0 aromatic heterocycles. The lowest BCUT2D eigenvalue weighted by Crippen LogP contribution is -2.46. The maximum absolute atomic E-state index is 12.6. The van der Waals surface area contributed by atoms with Crippen molar-refractivity contribution in [1.82, 2.24) is 9.80 Å². The summed E-state index contributed by atoms with van der Waals surface area (Å²) in [6.07, 6.45) is 1.19. The summed E-state index contributed by atoms with van der Waals surface area (Å²) in [4.78, 5) is 28.2. The van der Waals surface area contributed by atoms with E-state index in [-0.39, 0.29) is 48.7 Å². The van der Waals surface area contributed by atoms with Crippen molar-refractivity contribution in [3.05, 3.63) is 35.4 Å². The monoisotopic (exact) mass is 364 g/mol. The molecule has 0 bridgehead atoms. The summed E-state index contributed by atoms with van der Waals surface area (Å²) in [5.41, 5.74) is 2.31. The molecule has 1 aromatic carbocycles. The Bertz CT molecular complexity index is 744. The summed E-state index contributed by atoms with van der Waals surface area (Å²) >= 11 is 0. The molecule has 2 aliphatic heterocycles. The molecule has 1 aromatic rings. The van der Waals surface area contributed by atoms with Gasteiger partial charge in [-0.15, -0.1) is 0 Å². The Morgan fingerprint density at radius 2 is 1.72 bits per heavy atom. The molecule has 0 spiro atoms. The number of sulfone groups is 1. The average Bonchev–Trinajstić information content (AvgIpc) is 2.96. The maximum atomic E-state index is 12.6. The summed E-state index contributed by atoms with van der Waals surface area (Å²) in [6, 6.07) is 8.17. The van der Waals surface area contributed by atoms with Gasteiger partial charge in [-0.05, 0) is 17.5 Å². The number of rotatable bonds is 4. The number of nitrogens with zero attached hydrogens (tertiary/aromatic N) is 2. The maximum Gasteiger partial charge on any atom is 0.228 e. The number of hydrogen-bond acceptors (Lipinski definition) is 4. The summed E-state index contributed by atoms with van der Waals surface area (Å²) in [5.74, 6) is -0.419. The van der Waals surface area contributed by atoms with Crippen molar-refractivity contribution in [2.75, 3.05) is 31.1 Å². The summed E-state index contributed by atoms with van der Waals surface area (Å²) in [5, 5.41) is 0. The minimum absolute atomic E-state index is 0.0115. The molecule has 0 unspecified atom stereocenters. The smallest absolute Gasteiger partial charge is 0.228 e. The van der Waals surface area contributed by atoms with Gasteiger partial charge < -0.3 is 9.80 Å². The number of likely N-dealkylation sites (tertiary alicyclic amines) is 1. The Labute approximate surface area is 148 Å². The van der Waals surface area contributed by atoms with Gasteiger partial charge in [0.2, 0.25) is 11.8 Å². The fraction of sp³-hybridized carbons (Fsp3) is 0.556. The van der Waals surface area contributed by atoms with Crippen molar-refractivity contribution in [2.45, 2.75) is 26.3 Å². The first-order chi connectivity index (χ1) is 11.9. The van der Waals surface area contributed by atoms with E-state index >= 15 is 0 Å². The minimum Gasteiger partial charge on any atom is -0.340 e. The molecule has 2 amide bonds. The fourth-order valence-electron chi connectivity index (χ4n) is 3.38. The summed E-state index contributed by atoms with van der Waals surface area (Å²) in [7, 11) is -3.01. The van der Waals surface area contributed by atoms with Crippen LogP contribution in [0.2, 0.25) is 0 Å². The lowest BCUT2D eigenvalue weighted by molar-refractivity contribution is -0.135. The topological polar surface area (TPSA) is 74.8 Å². The van der Waals surface area contributed by atoms with Crippen LogP contribution in [0.25, 0.3) is 0 Å². The van der Waals surface area contributed by atoms with Gasteiger partial charge in [0.05, 0.1) is 17.4 Å². The van der Waals surface area contributed by atoms with Crippen molar-refractivity contribution < 1.29 is 18.0 Å². The standard InChI is InChI=1S/C18H24N2O4S/c1-2-14-3-5-15(6-4-14)12-20-13-16(11-17(20)21)18(22)19-7-9-25(23,24)10-8-19/h3-6,16H,2,7-13H2,1H3/t16-/m0/s1. The highest BCUT2D eigenvalue weighted by Gasteiger charge is 2.37. The van der Waals surface area contributed by atoms with Gasteiger partial charge in [0.1, 0.15) is 0 Å². The highest BCUT2D eigenvalue weighted by Crippen LogP contribution is 2.23. The second-order valence-electron chi connectivity index (χ2n) is 6.82. The molecule has 2 fully saturated rings. The Balaban J connectivity index is 1.59. The van der Waals surface area contributed by atoms with Crippen LogP contribution in [0.3, 0.4) is 0 Å².